The first-order valence-electron chi connectivity index (χ1n) is 5.59. The number of ether oxygens (including phenoxy) is 1. The van der Waals surface area contributed by atoms with Crippen molar-refractivity contribution in [2.45, 2.75) is 6.92 Å². The summed E-state index contributed by atoms with van der Waals surface area (Å²) >= 11 is 12.0. The van der Waals surface area contributed by atoms with E-state index in [1.54, 1.807) is 37.3 Å². The Hall–Kier alpha value is -1.98. The summed E-state index contributed by atoms with van der Waals surface area (Å²) in [5, 5.41) is 12.3. The van der Waals surface area contributed by atoms with E-state index >= 15 is 0 Å². The molecule has 0 aliphatic carbocycles. The maximum atomic E-state index is 8.70. The van der Waals surface area contributed by atoms with Gasteiger partial charge < -0.3 is 15.7 Å². The number of aryl methyl sites for hydroxylation is 1. The number of rotatable bonds is 3. The third kappa shape index (κ3) is 3.12. The molecule has 0 radical (unpaired) electrons. The van der Waals surface area contributed by atoms with Crippen LogP contribution in [0.15, 0.2) is 35.5 Å². The fourth-order valence-electron chi connectivity index (χ4n) is 1.57. The van der Waals surface area contributed by atoms with Gasteiger partial charge in [-0.05, 0) is 25.1 Å². The van der Waals surface area contributed by atoms with Crippen LogP contribution in [0.2, 0.25) is 10.0 Å². The average molecular weight is 312 g/mol. The van der Waals surface area contributed by atoms with Gasteiger partial charge in [0.1, 0.15) is 10.8 Å². The van der Waals surface area contributed by atoms with Crippen molar-refractivity contribution in [3.63, 3.8) is 0 Å². The molecule has 1 aromatic heterocycles. The first-order chi connectivity index (χ1) is 9.51. The van der Waals surface area contributed by atoms with Crippen molar-refractivity contribution in [1.29, 1.82) is 0 Å². The molecule has 5 nitrogen and oxygen atoms in total. The number of aromatic nitrogens is 1. The quantitative estimate of drug-likeness (QED) is 0.393. The molecule has 0 aliphatic heterocycles. The Bertz CT molecular complexity index is 675. The summed E-state index contributed by atoms with van der Waals surface area (Å²) in [6, 6.07) is 8.24. The standard InChI is InChI=1S/C13H11Cl2N3O2/c1-7-5-8(13(16)18-19)6-11(17-7)20-10-4-2-3-9(14)12(10)15/h2-6,19H,1H3,(H2,16,18). The number of amidine groups is 1. The molecule has 20 heavy (non-hydrogen) atoms. The predicted molar refractivity (Wildman–Crippen MR) is 78.0 cm³/mol. The van der Waals surface area contributed by atoms with Gasteiger partial charge in [0.2, 0.25) is 5.88 Å². The molecule has 1 heterocycles. The lowest BCUT2D eigenvalue weighted by Gasteiger charge is -2.09. The van der Waals surface area contributed by atoms with E-state index in [0.717, 1.165) is 0 Å². The van der Waals surface area contributed by atoms with Crippen LogP contribution in [0, 0.1) is 6.92 Å². The molecule has 1 aromatic carbocycles. The van der Waals surface area contributed by atoms with Crippen LogP contribution in [0.3, 0.4) is 0 Å². The van der Waals surface area contributed by atoms with Crippen molar-refractivity contribution >= 4 is 29.0 Å². The Morgan fingerprint density at radius 2 is 2.10 bits per heavy atom. The van der Waals surface area contributed by atoms with Crippen LogP contribution in [-0.4, -0.2) is 16.0 Å². The Kier molecular flexibility index (Phi) is 4.32. The second kappa shape index (κ2) is 5.98. The van der Waals surface area contributed by atoms with Crippen molar-refractivity contribution in [2.24, 2.45) is 10.9 Å². The number of hydrogen-bond acceptors (Lipinski definition) is 4. The van der Waals surface area contributed by atoms with Crippen LogP contribution in [0.1, 0.15) is 11.3 Å². The van der Waals surface area contributed by atoms with Crippen LogP contribution in [0.5, 0.6) is 11.6 Å². The number of nitrogens with zero attached hydrogens (tertiary/aromatic N) is 2. The molecule has 0 spiro atoms. The number of benzene rings is 1. The van der Waals surface area contributed by atoms with Gasteiger partial charge in [0.05, 0.1) is 5.02 Å². The fraction of sp³-hybridized carbons (Fsp3) is 0.0769. The first kappa shape index (κ1) is 14.4. The van der Waals surface area contributed by atoms with E-state index < -0.39 is 0 Å². The van der Waals surface area contributed by atoms with E-state index in [2.05, 4.69) is 10.1 Å². The zero-order chi connectivity index (χ0) is 14.7. The molecule has 0 saturated heterocycles. The fourth-order valence-corrected chi connectivity index (χ4v) is 1.90. The summed E-state index contributed by atoms with van der Waals surface area (Å²) < 4.78 is 5.59. The molecule has 0 unspecified atom stereocenters. The van der Waals surface area contributed by atoms with Crippen molar-refractivity contribution in [3.05, 3.63) is 51.6 Å². The molecule has 7 heteroatoms. The second-order valence-corrected chi connectivity index (χ2v) is 4.76. The first-order valence-corrected chi connectivity index (χ1v) is 6.35. The van der Waals surface area contributed by atoms with Crippen LogP contribution < -0.4 is 10.5 Å². The highest BCUT2D eigenvalue weighted by molar-refractivity contribution is 6.42. The van der Waals surface area contributed by atoms with Crippen molar-refractivity contribution < 1.29 is 9.94 Å². The van der Waals surface area contributed by atoms with Crippen LogP contribution >= 0.6 is 23.2 Å². The highest BCUT2D eigenvalue weighted by Crippen LogP contribution is 2.34. The minimum absolute atomic E-state index is 0.0301. The third-order valence-electron chi connectivity index (χ3n) is 2.46. The predicted octanol–water partition coefficient (Wildman–Crippen LogP) is 3.58. The zero-order valence-corrected chi connectivity index (χ0v) is 12.0. The van der Waals surface area contributed by atoms with Gasteiger partial charge in [0.25, 0.3) is 0 Å². The van der Waals surface area contributed by atoms with Crippen molar-refractivity contribution in [2.75, 3.05) is 0 Å². The Morgan fingerprint density at radius 1 is 1.35 bits per heavy atom. The van der Waals surface area contributed by atoms with Crippen LogP contribution in [0.25, 0.3) is 0 Å². The number of pyridine rings is 1. The highest BCUT2D eigenvalue weighted by atomic mass is 35.5. The normalized spacial score (nSPS) is 11.4. The van der Waals surface area contributed by atoms with E-state index in [4.69, 9.17) is 38.9 Å². The number of nitrogens with two attached hydrogens (primary N) is 1. The van der Waals surface area contributed by atoms with Gasteiger partial charge >= 0.3 is 0 Å². The van der Waals surface area contributed by atoms with Gasteiger partial charge in [0, 0.05) is 17.3 Å². The molecule has 104 valence electrons. The smallest absolute Gasteiger partial charge is 0.220 e. The van der Waals surface area contributed by atoms with E-state index in [9.17, 15) is 0 Å². The third-order valence-corrected chi connectivity index (χ3v) is 3.27. The number of hydrogen-bond donors (Lipinski definition) is 2. The van der Waals surface area contributed by atoms with Gasteiger partial charge in [-0.15, -0.1) is 0 Å². The largest absolute Gasteiger partial charge is 0.437 e. The summed E-state index contributed by atoms with van der Waals surface area (Å²) in [6.45, 7) is 1.76. The topological polar surface area (TPSA) is 80.7 Å². The Balaban J connectivity index is 2.39. The van der Waals surface area contributed by atoms with Crippen molar-refractivity contribution in [3.8, 4) is 11.6 Å². The Labute approximate surface area is 125 Å². The molecule has 0 saturated carbocycles. The molecule has 3 N–H and O–H groups in total. The summed E-state index contributed by atoms with van der Waals surface area (Å²) in [5.74, 6) is 0.621. The summed E-state index contributed by atoms with van der Waals surface area (Å²) in [5.41, 5.74) is 6.70. The van der Waals surface area contributed by atoms with Gasteiger partial charge in [-0.1, -0.05) is 34.4 Å². The molecule has 2 aromatic rings. The van der Waals surface area contributed by atoms with Gasteiger partial charge in [-0.25, -0.2) is 4.98 Å². The number of halogens is 2. The molecule has 0 bridgehead atoms. The molecular weight excluding hydrogens is 301 g/mol. The maximum Gasteiger partial charge on any atom is 0.220 e. The monoisotopic (exact) mass is 311 g/mol. The summed E-state index contributed by atoms with van der Waals surface area (Å²) in [7, 11) is 0. The SMILES string of the molecule is Cc1cc(/C(N)=N/O)cc(Oc2cccc(Cl)c2Cl)n1. The second-order valence-electron chi connectivity index (χ2n) is 3.97. The molecule has 0 aliphatic rings. The van der Waals surface area contributed by atoms with Crippen LogP contribution in [-0.2, 0) is 0 Å². The van der Waals surface area contributed by atoms with E-state index in [-0.39, 0.29) is 11.7 Å². The average Bonchev–Trinajstić information content (AvgIpc) is 2.42. The minimum atomic E-state index is -0.0301. The lowest BCUT2D eigenvalue weighted by atomic mass is 10.2. The lowest BCUT2D eigenvalue weighted by molar-refractivity contribution is 0.318. The van der Waals surface area contributed by atoms with Crippen molar-refractivity contribution in [1.82, 2.24) is 4.98 Å². The summed E-state index contributed by atoms with van der Waals surface area (Å²) in [4.78, 5) is 4.20. The highest BCUT2D eigenvalue weighted by Gasteiger charge is 2.10. The Morgan fingerprint density at radius 3 is 2.80 bits per heavy atom. The molecule has 0 fully saturated rings. The summed E-state index contributed by atoms with van der Waals surface area (Å²) in [6.07, 6.45) is 0. The molecular formula is C13H11Cl2N3O2. The van der Waals surface area contributed by atoms with Gasteiger partial charge in [-0.3, -0.25) is 0 Å². The van der Waals surface area contributed by atoms with Gasteiger partial charge in [-0.2, -0.15) is 0 Å². The molecule has 2 rings (SSSR count). The molecule has 0 amide bonds. The van der Waals surface area contributed by atoms with Crippen LogP contribution in [0.4, 0.5) is 0 Å². The minimum Gasteiger partial charge on any atom is -0.437 e. The number of oxime groups is 1. The van der Waals surface area contributed by atoms with E-state index in [1.807, 2.05) is 0 Å². The van der Waals surface area contributed by atoms with E-state index in [1.165, 1.54) is 0 Å². The zero-order valence-electron chi connectivity index (χ0n) is 10.5. The molecule has 0 atom stereocenters. The maximum absolute atomic E-state index is 8.70. The lowest BCUT2D eigenvalue weighted by Crippen LogP contribution is -2.13. The van der Waals surface area contributed by atoms with E-state index in [0.29, 0.717) is 27.1 Å². The van der Waals surface area contributed by atoms with Gasteiger partial charge in [0.15, 0.2) is 5.84 Å².